The van der Waals surface area contributed by atoms with Crippen LogP contribution in [-0.2, 0) is 22.4 Å². The molecule has 6 nitrogen and oxygen atoms in total. The normalized spacial score (nSPS) is 12.3. The molecule has 2 aromatic carbocycles. The zero-order valence-electron chi connectivity index (χ0n) is 15.6. The first kappa shape index (κ1) is 19.1. The maximum Gasteiger partial charge on any atom is 0.407 e. The average Bonchev–Trinajstić information content (AvgIpc) is 3.28. The number of fused-ring (bicyclic) bond motifs is 3. The lowest BCUT2D eigenvalue weighted by Gasteiger charge is -2.14. The van der Waals surface area contributed by atoms with Crippen molar-refractivity contribution >= 4 is 23.4 Å². The number of carbonyl (C=O) groups is 2. The first-order valence-electron chi connectivity index (χ1n) is 9.35. The Bertz CT molecular complexity index is 1000. The van der Waals surface area contributed by atoms with Gasteiger partial charge in [-0.05, 0) is 22.3 Å². The molecule has 0 radical (unpaired) electrons. The Balaban J connectivity index is 1.30. The van der Waals surface area contributed by atoms with Crippen LogP contribution in [0.2, 0.25) is 0 Å². The van der Waals surface area contributed by atoms with Crippen LogP contribution in [0.5, 0.6) is 0 Å². The largest absolute Gasteiger partial charge is 0.481 e. The number of thiazole rings is 1. The SMILES string of the molecule is O=C(O)Cc1csc(CCNC(=O)OCC2c3ccccc3-c3ccccc32)n1. The standard InChI is InChI=1S/C22H20N2O4S/c25-21(26)11-14-13-29-20(24-14)9-10-23-22(27)28-12-19-17-7-3-1-5-15(17)16-6-2-4-8-18(16)19/h1-8,13,19H,9-12H2,(H,23,27)(H,25,26). The maximum atomic E-state index is 12.1. The Kier molecular flexibility index (Phi) is 5.57. The van der Waals surface area contributed by atoms with Gasteiger partial charge in [0.15, 0.2) is 0 Å². The van der Waals surface area contributed by atoms with E-state index in [1.54, 1.807) is 5.38 Å². The van der Waals surface area contributed by atoms with Crippen LogP contribution in [-0.4, -0.2) is 35.3 Å². The molecule has 2 N–H and O–H groups in total. The fourth-order valence-corrected chi connectivity index (χ4v) is 4.42. The van der Waals surface area contributed by atoms with Gasteiger partial charge in [-0.2, -0.15) is 0 Å². The molecule has 1 aliphatic carbocycles. The summed E-state index contributed by atoms with van der Waals surface area (Å²) in [4.78, 5) is 27.1. The Morgan fingerprint density at radius 2 is 1.72 bits per heavy atom. The molecule has 1 heterocycles. The second-order valence-electron chi connectivity index (χ2n) is 6.81. The predicted octanol–water partition coefficient (Wildman–Crippen LogP) is 3.85. The van der Waals surface area contributed by atoms with Gasteiger partial charge < -0.3 is 15.2 Å². The van der Waals surface area contributed by atoms with Gasteiger partial charge in [0.2, 0.25) is 0 Å². The zero-order chi connectivity index (χ0) is 20.2. The molecule has 3 aromatic rings. The van der Waals surface area contributed by atoms with Crippen LogP contribution in [0.3, 0.4) is 0 Å². The molecule has 0 atom stereocenters. The molecule has 1 amide bonds. The predicted molar refractivity (Wildman–Crippen MR) is 110 cm³/mol. The minimum absolute atomic E-state index is 0.0330. The van der Waals surface area contributed by atoms with Crippen molar-refractivity contribution in [3.05, 3.63) is 75.7 Å². The van der Waals surface area contributed by atoms with Gasteiger partial charge in [-0.15, -0.1) is 11.3 Å². The zero-order valence-corrected chi connectivity index (χ0v) is 16.4. The number of ether oxygens (including phenoxy) is 1. The molecule has 1 aromatic heterocycles. The second kappa shape index (κ2) is 8.45. The van der Waals surface area contributed by atoms with Gasteiger partial charge in [0, 0.05) is 24.3 Å². The van der Waals surface area contributed by atoms with E-state index in [4.69, 9.17) is 9.84 Å². The molecular weight excluding hydrogens is 388 g/mol. The van der Waals surface area contributed by atoms with Crippen molar-refractivity contribution in [1.29, 1.82) is 0 Å². The molecule has 0 saturated heterocycles. The number of nitrogens with zero attached hydrogens (tertiary/aromatic N) is 1. The molecule has 0 aliphatic heterocycles. The Labute approximate surface area is 172 Å². The molecular formula is C22H20N2O4S. The van der Waals surface area contributed by atoms with Crippen LogP contribution >= 0.6 is 11.3 Å². The van der Waals surface area contributed by atoms with Crippen LogP contribution < -0.4 is 5.32 Å². The third-order valence-electron chi connectivity index (χ3n) is 4.88. The minimum atomic E-state index is -0.904. The molecule has 0 bridgehead atoms. The Morgan fingerprint density at radius 3 is 2.38 bits per heavy atom. The number of amides is 1. The highest BCUT2D eigenvalue weighted by Crippen LogP contribution is 2.44. The molecule has 4 rings (SSSR count). The number of hydrogen-bond acceptors (Lipinski definition) is 5. The van der Waals surface area contributed by atoms with E-state index < -0.39 is 12.1 Å². The average molecular weight is 408 g/mol. The number of alkyl carbamates (subject to hydrolysis) is 1. The van der Waals surface area contributed by atoms with Crippen molar-refractivity contribution in [2.45, 2.75) is 18.8 Å². The summed E-state index contributed by atoms with van der Waals surface area (Å²) in [7, 11) is 0. The summed E-state index contributed by atoms with van der Waals surface area (Å²) in [6, 6.07) is 16.4. The van der Waals surface area contributed by atoms with Crippen LogP contribution in [0.25, 0.3) is 11.1 Å². The molecule has 0 spiro atoms. The lowest BCUT2D eigenvalue weighted by atomic mass is 9.98. The second-order valence-corrected chi connectivity index (χ2v) is 7.75. The molecule has 0 saturated carbocycles. The molecule has 7 heteroatoms. The molecule has 29 heavy (non-hydrogen) atoms. The highest BCUT2D eigenvalue weighted by molar-refractivity contribution is 7.09. The molecule has 1 aliphatic rings. The number of carboxylic acids is 1. The number of carbonyl (C=O) groups excluding carboxylic acids is 1. The van der Waals surface area contributed by atoms with E-state index >= 15 is 0 Å². The summed E-state index contributed by atoms with van der Waals surface area (Å²) in [5.74, 6) is -0.871. The summed E-state index contributed by atoms with van der Waals surface area (Å²) in [6.45, 7) is 0.663. The van der Waals surface area contributed by atoms with Gasteiger partial charge >= 0.3 is 12.1 Å². The van der Waals surface area contributed by atoms with E-state index in [1.165, 1.54) is 33.6 Å². The summed E-state index contributed by atoms with van der Waals surface area (Å²) in [5, 5.41) is 14.1. The first-order valence-corrected chi connectivity index (χ1v) is 10.2. The maximum absolute atomic E-state index is 12.1. The van der Waals surface area contributed by atoms with E-state index in [0.29, 0.717) is 18.7 Å². The van der Waals surface area contributed by atoms with Crippen molar-refractivity contribution in [3.63, 3.8) is 0 Å². The smallest absolute Gasteiger partial charge is 0.407 e. The summed E-state index contributed by atoms with van der Waals surface area (Å²) in [5.41, 5.74) is 5.28. The fraction of sp³-hybridized carbons (Fsp3) is 0.227. The van der Waals surface area contributed by atoms with E-state index in [2.05, 4.69) is 34.6 Å². The first-order chi connectivity index (χ1) is 14.1. The highest BCUT2D eigenvalue weighted by Gasteiger charge is 2.28. The number of benzene rings is 2. The lowest BCUT2D eigenvalue weighted by molar-refractivity contribution is -0.136. The number of hydrogen-bond donors (Lipinski definition) is 2. The van der Waals surface area contributed by atoms with Crippen molar-refractivity contribution in [2.75, 3.05) is 13.2 Å². The van der Waals surface area contributed by atoms with Crippen molar-refractivity contribution in [1.82, 2.24) is 10.3 Å². The van der Waals surface area contributed by atoms with Gasteiger partial charge in [0.1, 0.15) is 6.61 Å². The van der Waals surface area contributed by atoms with Crippen molar-refractivity contribution in [3.8, 4) is 11.1 Å². The lowest BCUT2D eigenvalue weighted by Crippen LogP contribution is -2.28. The van der Waals surface area contributed by atoms with Crippen LogP contribution in [0.1, 0.15) is 27.7 Å². The third kappa shape index (κ3) is 4.30. The van der Waals surface area contributed by atoms with Gasteiger partial charge in [-0.1, -0.05) is 48.5 Å². The van der Waals surface area contributed by atoms with E-state index in [-0.39, 0.29) is 18.9 Å². The van der Waals surface area contributed by atoms with Crippen LogP contribution in [0, 0.1) is 0 Å². The highest BCUT2D eigenvalue weighted by atomic mass is 32.1. The van der Waals surface area contributed by atoms with Crippen molar-refractivity contribution < 1.29 is 19.4 Å². The number of nitrogens with one attached hydrogen (secondary N) is 1. The van der Waals surface area contributed by atoms with Crippen LogP contribution in [0.4, 0.5) is 4.79 Å². The van der Waals surface area contributed by atoms with E-state index in [0.717, 1.165) is 5.01 Å². The minimum Gasteiger partial charge on any atom is -0.481 e. The van der Waals surface area contributed by atoms with E-state index in [9.17, 15) is 9.59 Å². The summed E-state index contributed by atoms with van der Waals surface area (Å²) >= 11 is 1.39. The monoisotopic (exact) mass is 408 g/mol. The summed E-state index contributed by atoms with van der Waals surface area (Å²) in [6.07, 6.45) is -0.0145. The number of aliphatic carboxylic acids is 1. The topological polar surface area (TPSA) is 88.5 Å². The van der Waals surface area contributed by atoms with Crippen molar-refractivity contribution in [2.24, 2.45) is 0 Å². The molecule has 0 fully saturated rings. The quantitative estimate of drug-likeness (QED) is 0.620. The van der Waals surface area contributed by atoms with Gasteiger partial charge in [0.05, 0.1) is 17.1 Å². The summed E-state index contributed by atoms with van der Waals surface area (Å²) < 4.78 is 5.49. The molecule has 148 valence electrons. The number of rotatable bonds is 7. The Morgan fingerprint density at radius 1 is 1.07 bits per heavy atom. The number of carboxylic acid groups (broad SMARTS) is 1. The fourth-order valence-electron chi connectivity index (χ4n) is 3.62. The number of aromatic nitrogens is 1. The van der Waals surface area contributed by atoms with E-state index in [1.807, 2.05) is 24.3 Å². The van der Waals surface area contributed by atoms with Gasteiger partial charge in [-0.3, -0.25) is 4.79 Å². The van der Waals surface area contributed by atoms with Gasteiger partial charge in [-0.25, -0.2) is 9.78 Å². The third-order valence-corrected chi connectivity index (χ3v) is 5.84. The molecule has 0 unspecified atom stereocenters. The van der Waals surface area contributed by atoms with Gasteiger partial charge in [0.25, 0.3) is 0 Å². The van der Waals surface area contributed by atoms with Crippen LogP contribution in [0.15, 0.2) is 53.9 Å². The Hall–Kier alpha value is -3.19.